The monoisotopic (exact) mass is 273 g/mol. The molecule has 0 spiro atoms. The van der Waals surface area contributed by atoms with Crippen LogP contribution in [0, 0.1) is 0 Å². The van der Waals surface area contributed by atoms with E-state index >= 15 is 0 Å². The van der Waals surface area contributed by atoms with E-state index in [9.17, 15) is 0 Å². The minimum absolute atomic E-state index is 0.274. The van der Waals surface area contributed by atoms with Crippen molar-refractivity contribution in [2.45, 2.75) is 13.5 Å². The Morgan fingerprint density at radius 1 is 1.25 bits per heavy atom. The first-order chi connectivity index (χ1) is 9.85. The third-order valence-corrected chi connectivity index (χ3v) is 2.79. The van der Waals surface area contributed by atoms with Gasteiger partial charge in [0.2, 0.25) is 12.7 Å². The molecular weight excluding hydrogens is 258 g/mol. The lowest BCUT2D eigenvalue weighted by Gasteiger charge is -2.07. The van der Waals surface area contributed by atoms with Crippen molar-refractivity contribution in [2.24, 2.45) is 0 Å². The second kappa shape index (κ2) is 5.64. The fourth-order valence-corrected chi connectivity index (χ4v) is 1.87. The van der Waals surface area contributed by atoms with Crippen molar-refractivity contribution in [3.63, 3.8) is 0 Å². The molecule has 0 radical (unpaired) electrons. The second-order valence-electron chi connectivity index (χ2n) is 4.25. The summed E-state index contributed by atoms with van der Waals surface area (Å²) < 4.78 is 16.2. The number of ether oxygens (including phenoxy) is 3. The third kappa shape index (κ3) is 2.74. The Morgan fingerprint density at radius 3 is 3.05 bits per heavy atom. The Hall–Kier alpha value is -2.50. The topological polar surface area (TPSA) is 65.5 Å². The van der Waals surface area contributed by atoms with Gasteiger partial charge in [-0.2, -0.15) is 4.98 Å². The van der Waals surface area contributed by atoms with E-state index in [2.05, 4.69) is 15.3 Å². The van der Waals surface area contributed by atoms with Gasteiger partial charge in [0.15, 0.2) is 11.5 Å². The van der Waals surface area contributed by atoms with Gasteiger partial charge in [-0.05, 0) is 24.6 Å². The van der Waals surface area contributed by atoms with Gasteiger partial charge in [-0.15, -0.1) is 0 Å². The van der Waals surface area contributed by atoms with Gasteiger partial charge in [0.1, 0.15) is 12.4 Å². The van der Waals surface area contributed by atoms with Gasteiger partial charge in [0.25, 0.3) is 0 Å². The molecule has 6 nitrogen and oxygen atoms in total. The van der Waals surface area contributed by atoms with Gasteiger partial charge < -0.3 is 19.5 Å². The summed E-state index contributed by atoms with van der Waals surface area (Å²) in [6, 6.07) is 5.72. The van der Waals surface area contributed by atoms with Crippen molar-refractivity contribution in [2.75, 3.05) is 18.7 Å². The van der Waals surface area contributed by atoms with E-state index < -0.39 is 0 Å². The van der Waals surface area contributed by atoms with Crippen LogP contribution in [-0.4, -0.2) is 23.3 Å². The van der Waals surface area contributed by atoms with Crippen LogP contribution in [-0.2, 0) is 6.61 Å². The molecule has 0 saturated carbocycles. The lowest BCUT2D eigenvalue weighted by Crippen LogP contribution is -2.03. The molecule has 104 valence electrons. The number of nitrogens with one attached hydrogen (secondary N) is 1. The molecule has 1 aliphatic rings. The molecule has 0 saturated heterocycles. The fraction of sp³-hybridized carbons (Fsp3) is 0.286. The molecule has 20 heavy (non-hydrogen) atoms. The summed E-state index contributed by atoms with van der Waals surface area (Å²) in [7, 11) is 0. The summed E-state index contributed by atoms with van der Waals surface area (Å²) in [5, 5.41) is 3.09. The van der Waals surface area contributed by atoms with E-state index in [1.807, 2.05) is 25.1 Å². The molecule has 0 aliphatic carbocycles. The summed E-state index contributed by atoms with van der Waals surface area (Å²) in [5.41, 5.74) is 0.991. The highest BCUT2D eigenvalue weighted by atomic mass is 16.7. The van der Waals surface area contributed by atoms with Crippen molar-refractivity contribution in [1.82, 2.24) is 9.97 Å². The molecule has 0 atom stereocenters. The lowest BCUT2D eigenvalue weighted by atomic mass is 10.2. The zero-order valence-corrected chi connectivity index (χ0v) is 11.1. The highest BCUT2D eigenvalue weighted by molar-refractivity contribution is 5.44. The van der Waals surface area contributed by atoms with Gasteiger partial charge in [0.05, 0.1) is 12.4 Å². The fourth-order valence-electron chi connectivity index (χ4n) is 1.87. The first-order valence-electron chi connectivity index (χ1n) is 6.42. The van der Waals surface area contributed by atoms with E-state index in [0.29, 0.717) is 18.3 Å². The van der Waals surface area contributed by atoms with Crippen LogP contribution in [0.2, 0.25) is 0 Å². The molecule has 6 heteroatoms. The van der Waals surface area contributed by atoms with Crippen molar-refractivity contribution in [1.29, 1.82) is 0 Å². The zero-order chi connectivity index (χ0) is 13.8. The van der Waals surface area contributed by atoms with Gasteiger partial charge in [-0.25, -0.2) is 0 Å². The van der Waals surface area contributed by atoms with Crippen molar-refractivity contribution in [3.8, 4) is 17.4 Å². The average Bonchev–Trinajstić information content (AvgIpc) is 2.93. The second-order valence-corrected chi connectivity index (χ2v) is 4.25. The Balaban J connectivity index is 1.65. The lowest BCUT2D eigenvalue weighted by molar-refractivity contribution is 0.174. The minimum atomic E-state index is 0.274. The van der Waals surface area contributed by atoms with Crippen LogP contribution in [0.25, 0.3) is 0 Å². The highest BCUT2D eigenvalue weighted by Gasteiger charge is 2.13. The molecule has 0 fully saturated rings. The number of fused-ring (bicyclic) bond motifs is 1. The normalized spacial score (nSPS) is 12.2. The van der Waals surface area contributed by atoms with Crippen LogP contribution < -0.4 is 19.5 Å². The van der Waals surface area contributed by atoms with Gasteiger partial charge >= 0.3 is 0 Å². The van der Waals surface area contributed by atoms with Crippen LogP contribution in [0.5, 0.6) is 17.4 Å². The summed E-state index contributed by atoms with van der Waals surface area (Å²) in [6.45, 7) is 3.47. The Morgan fingerprint density at radius 2 is 2.15 bits per heavy atom. The van der Waals surface area contributed by atoms with Crippen LogP contribution >= 0.6 is 0 Å². The van der Waals surface area contributed by atoms with Crippen molar-refractivity contribution in [3.05, 3.63) is 36.2 Å². The average molecular weight is 273 g/mol. The third-order valence-electron chi connectivity index (χ3n) is 2.79. The number of rotatable bonds is 5. The van der Waals surface area contributed by atoms with E-state index in [4.69, 9.17) is 14.2 Å². The molecule has 0 amide bonds. The first kappa shape index (κ1) is 12.5. The number of hydrogen-bond acceptors (Lipinski definition) is 6. The molecule has 1 aromatic carbocycles. The minimum Gasteiger partial charge on any atom is -0.472 e. The predicted molar refractivity (Wildman–Crippen MR) is 73.1 cm³/mol. The standard InChI is InChI=1S/C14H15N3O3/c1-2-16-13-6-15-7-14(17-13)18-8-10-3-4-11-12(5-10)20-9-19-11/h3-7H,2,8-9H2,1H3,(H,16,17). The number of hydrogen-bond donors (Lipinski definition) is 1. The van der Waals surface area contributed by atoms with E-state index in [1.54, 1.807) is 12.4 Å². The molecule has 1 N–H and O–H groups in total. The number of anilines is 1. The maximum absolute atomic E-state index is 5.63. The van der Waals surface area contributed by atoms with Crippen LogP contribution in [0.4, 0.5) is 5.82 Å². The quantitative estimate of drug-likeness (QED) is 0.901. The molecule has 1 aliphatic heterocycles. The van der Waals surface area contributed by atoms with Crippen molar-refractivity contribution >= 4 is 5.82 Å². The van der Waals surface area contributed by atoms with Gasteiger partial charge in [0, 0.05) is 6.54 Å². The Kier molecular flexibility index (Phi) is 3.54. The summed E-state index contributed by atoms with van der Waals surface area (Å²) >= 11 is 0. The van der Waals surface area contributed by atoms with E-state index in [0.717, 1.165) is 23.6 Å². The predicted octanol–water partition coefficient (Wildman–Crippen LogP) is 2.22. The van der Waals surface area contributed by atoms with Crippen LogP contribution in [0.3, 0.4) is 0 Å². The molecule has 1 aromatic heterocycles. The molecule has 2 heterocycles. The Labute approximate surface area is 116 Å². The molecule has 0 bridgehead atoms. The SMILES string of the molecule is CCNc1cncc(OCc2ccc3c(c2)OCO3)n1. The summed E-state index contributed by atoms with van der Waals surface area (Å²) in [6.07, 6.45) is 3.25. The Bertz CT molecular complexity index is 604. The highest BCUT2D eigenvalue weighted by Crippen LogP contribution is 2.32. The van der Waals surface area contributed by atoms with Crippen LogP contribution in [0.1, 0.15) is 12.5 Å². The molecular formula is C14H15N3O3. The number of nitrogens with zero attached hydrogens (tertiary/aromatic N) is 2. The van der Waals surface area contributed by atoms with Gasteiger partial charge in [-0.3, -0.25) is 4.98 Å². The smallest absolute Gasteiger partial charge is 0.234 e. The summed E-state index contributed by atoms with van der Waals surface area (Å²) in [4.78, 5) is 8.38. The first-order valence-corrected chi connectivity index (χ1v) is 6.42. The van der Waals surface area contributed by atoms with E-state index in [1.165, 1.54) is 0 Å². The maximum Gasteiger partial charge on any atom is 0.234 e. The van der Waals surface area contributed by atoms with Crippen molar-refractivity contribution < 1.29 is 14.2 Å². The van der Waals surface area contributed by atoms with E-state index in [-0.39, 0.29) is 6.79 Å². The number of aromatic nitrogens is 2. The molecule has 3 rings (SSSR count). The van der Waals surface area contributed by atoms with Crippen LogP contribution in [0.15, 0.2) is 30.6 Å². The zero-order valence-electron chi connectivity index (χ0n) is 11.1. The largest absolute Gasteiger partial charge is 0.472 e. The number of benzene rings is 1. The maximum atomic E-state index is 5.63. The summed E-state index contributed by atoms with van der Waals surface area (Å²) in [5.74, 6) is 2.71. The van der Waals surface area contributed by atoms with Gasteiger partial charge in [-0.1, -0.05) is 6.07 Å². The molecule has 2 aromatic rings. The molecule has 0 unspecified atom stereocenters.